The summed E-state index contributed by atoms with van der Waals surface area (Å²) in [6.45, 7) is 1.19. The van der Waals surface area contributed by atoms with Gasteiger partial charge in [0.05, 0.1) is 10.7 Å². The van der Waals surface area contributed by atoms with E-state index in [0.29, 0.717) is 6.54 Å². The van der Waals surface area contributed by atoms with Gasteiger partial charge in [-0.05, 0) is 48.4 Å². The van der Waals surface area contributed by atoms with Crippen LogP contribution in [0.3, 0.4) is 0 Å². The van der Waals surface area contributed by atoms with Crippen molar-refractivity contribution in [1.82, 2.24) is 15.3 Å². The Balaban J connectivity index is 1.42. The molecule has 5 rings (SSSR count). The van der Waals surface area contributed by atoms with Crippen molar-refractivity contribution < 1.29 is 18.3 Å². The van der Waals surface area contributed by atoms with Gasteiger partial charge in [-0.1, -0.05) is 17.7 Å². The van der Waals surface area contributed by atoms with Gasteiger partial charge in [-0.2, -0.15) is 4.98 Å². The van der Waals surface area contributed by atoms with Crippen molar-refractivity contribution in [3.8, 4) is 5.88 Å². The largest absolute Gasteiger partial charge is 0.455 e. The normalized spacial score (nSPS) is 15.2. The fourth-order valence-electron chi connectivity index (χ4n) is 3.64. The van der Waals surface area contributed by atoms with Crippen LogP contribution >= 0.6 is 11.6 Å². The lowest BCUT2D eigenvalue weighted by Crippen LogP contribution is -2.40. The zero-order chi connectivity index (χ0) is 21.5. The molecule has 158 valence electrons. The monoisotopic (exact) mass is 443 g/mol. The number of carbonyl (C=O) groups is 1. The molecular formula is C21H16ClF2N5O2. The summed E-state index contributed by atoms with van der Waals surface area (Å²) in [5, 5.41) is 6.16. The molecule has 3 heterocycles. The number of hydrogen-bond acceptors (Lipinski definition) is 6. The molecule has 1 aromatic heterocycles. The highest BCUT2D eigenvalue weighted by Gasteiger charge is 2.31. The van der Waals surface area contributed by atoms with Crippen molar-refractivity contribution in [3.63, 3.8) is 0 Å². The van der Waals surface area contributed by atoms with Crippen LogP contribution in [-0.4, -0.2) is 29.2 Å². The topological polar surface area (TPSA) is 79.4 Å². The van der Waals surface area contributed by atoms with Crippen LogP contribution in [0.4, 0.5) is 26.1 Å². The molecular weight excluding hydrogens is 428 g/mol. The molecule has 1 amide bonds. The summed E-state index contributed by atoms with van der Waals surface area (Å²) in [5.41, 5.74) is 2.16. The zero-order valence-corrected chi connectivity index (χ0v) is 16.8. The van der Waals surface area contributed by atoms with Crippen molar-refractivity contribution in [1.29, 1.82) is 0 Å². The van der Waals surface area contributed by atoms with Gasteiger partial charge in [-0.3, -0.25) is 9.69 Å². The van der Waals surface area contributed by atoms with Crippen LogP contribution in [0.1, 0.15) is 21.5 Å². The number of carbonyl (C=O) groups excluding carboxylic acids is 1. The number of nitrogens with one attached hydrogen (secondary N) is 2. The first-order valence-electron chi connectivity index (χ1n) is 9.56. The Morgan fingerprint density at radius 3 is 2.90 bits per heavy atom. The van der Waals surface area contributed by atoms with E-state index in [-0.39, 0.29) is 40.5 Å². The van der Waals surface area contributed by atoms with Gasteiger partial charge in [0.15, 0.2) is 6.73 Å². The number of halogens is 3. The van der Waals surface area contributed by atoms with E-state index in [9.17, 15) is 13.6 Å². The minimum absolute atomic E-state index is 0.0197. The molecule has 0 saturated carbocycles. The molecule has 0 radical (unpaired) electrons. The molecule has 7 nitrogen and oxygen atoms in total. The van der Waals surface area contributed by atoms with Crippen molar-refractivity contribution in [2.45, 2.75) is 13.0 Å². The number of hydrogen-bond donors (Lipinski definition) is 2. The van der Waals surface area contributed by atoms with Crippen LogP contribution in [0, 0.1) is 11.6 Å². The fourth-order valence-corrected chi connectivity index (χ4v) is 3.91. The van der Waals surface area contributed by atoms with Crippen molar-refractivity contribution >= 4 is 34.8 Å². The number of amides is 1. The molecule has 31 heavy (non-hydrogen) atoms. The van der Waals surface area contributed by atoms with E-state index in [1.807, 2.05) is 0 Å². The third-order valence-electron chi connectivity index (χ3n) is 5.19. The van der Waals surface area contributed by atoms with Gasteiger partial charge in [0.2, 0.25) is 11.8 Å². The Hall–Kier alpha value is -3.30. The Bertz CT molecular complexity index is 1190. The van der Waals surface area contributed by atoms with Crippen molar-refractivity contribution in [2.24, 2.45) is 0 Å². The smallest absolute Gasteiger partial charge is 0.268 e. The SMILES string of the molecule is O=C1c2cnc(Nc3cc4c(cc3F)CCNC4)nc2OCN1c1c(F)cccc1Cl. The van der Waals surface area contributed by atoms with Crippen LogP contribution in [0.15, 0.2) is 36.5 Å². The highest BCUT2D eigenvalue weighted by atomic mass is 35.5. The van der Waals surface area contributed by atoms with Crippen LogP contribution in [0.5, 0.6) is 5.88 Å². The second-order valence-corrected chi connectivity index (χ2v) is 7.55. The summed E-state index contributed by atoms with van der Waals surface area (Å²) in [6.07, 6.45) is 2.02. The quantitative estimate of drug-likeness (QED) is 0.641. The van der Waals surface area contributed by atoms with Crippen LogP contribution in [0.2, 0.25) is 5.02 Å². The van der Waals surface area contributed by atoms with Crippen LogP contribution < -0.4 is 20.3 Å². The Labute approximate surface area is 181 Å². The molecule has 0 aliphatic carbocycles. The Kier molecular flexibility index (Phi) is 4.91. The standard InChI is InChI=1S/C21H16ClF2N5O2/c22-14-2-1-3-15(23)18(14)29-10-31-19-13(20(29)30)9-26-21(28-19)27-17-7-12-8-25-5-4-11(12)6-16(17)24/h1-3,6-7,9,25H,4-5,8,10H2,(H,26,27,28). The first kappa shape index (κ1) is 19.7. The summed E-state index contributed by atoms with van der Waals surface area (Å²) in [7, 11) is 0. The average molecular weight is 444 g/mol. The predicted molar refractivity (Wildman–Crippen MR) is 111 cm³/mol. The lowest BCUT2D eigenvalue weighted by atomic mass is 10.00. The van der Waals surface area contributed by atoms with E-state index in [0.717, 1.165) is 29.0 Å². The molecule has 2 N–H and O–H groups in total. The van der Waals surface area contributed by atoms with Gasteiger partial charge in [0, 0.05) is 12.7 Å². The number of benzene rings is 2. The molecule has 10 heteroatoms. The molecule has 0 spiro atoms. The highest BCUT2D eigenvalue weighted by molar-refractivity contribution is 6.34. The average Bonchev–Trinajstić information content (AvgIpc) is 2.75. The van der Waals surface area contributed by atoms with E-state index >= 15 is 0 Å². The number of anilines is 3. The van der Waals surface area contributed by atoms with E-state index in [1.54, 1.807) is 6.07 Å². The predicted octanol–water partition coefficient (Wildman–Crippen LogP) is 3.79. The molecule has 2 aliphatic rings. The number of fused-ring (bicyclic) bond motifs is 2. The summed E-state index contributed by atoms with van der Waals surface area (Å²) in [5.74, 6) is -1.52. The van der Waals surface area contributed by atoms with Gasteiger partial charge < -0.3 is 15.4 Å². The maximum atomic E-state index is 14.5. The molecule has 0 fully saturated rings. The van der Waals surface area contributed by atoms with Gasteiger partial charge in [0.25, 0.3) is 5.91 Å². The maximum absolute atomic E-state index is 14.5. The van der Waals surface area contributed by atoms with Gasteiger partial charge in [-0.15, -0.1) is 0 Å². The lowest BCUT2D eigenvalue weighted by molar-refractivity contribution is 0.0931. The molecule has 0 bridgehead atoms. The number of para-hydroxylation sites is 1. The van der Waals surface area contributed by atoms with Gasteiger partial charge in [-0.25, -0.2) is 13.8 Å². The second-order valence-electron chi connectivity index (χ2n) is 7.14. The number of rotatable bonds is 3. The van der Waals surface area contributed by atoms with E-state index in [4.69, 9.17) is 16.3 Å². The van der Waals surface area contributed by atoms with Crippen LogP contribution in [0.25, 0.3) is 0 Å². The summed E-state index contributed by atoms with van der Waals surface area (Å²) < 4.78 is 34.3. The zero-order valence-electron chi connectivity index (χ0n) is 16.1. The molecule has 3 aromatic rings. The fraction of sp³-hybridized carbons (Fsp3) is 0.190. The number of aromatic nitrogens is 2. The van der Waals surface area contributed by atoms with Crippen LogP contribution in [-0.2, 0) is 13.0 Å². The minimum Gasteiger partial charge on any atom is -0.455 e. The maximum Gasteiger partial charge on any atom is 0.268 e. The molecule has 0 unspecified atom stereocenters. The second kappa shape index (κ2) is 7.75. The summed E-state index contributed by atoms with van der Waals surface area (Å²) >= 11 is 6.07. The first-order valence-corrected chi connectivity index (χ1v) is 9.94. The first-order chi connectivity index (χ1) is 15.0. The molecule has 0 saturated heterocycles. The Morgan fingerprint density at radius 1 is 1.19 bits per heavy atom. The third kappa shape index (κ3) is 3.55. The third-order valence-corrected chi connectivity index (χ3v) is 5.49. The molecule has 2 aliphatic heterocycles. The van der Waals surface area contributed by atoms with E-state index in [2.05, 4.69) is 20.6 Å². The molecule has 2 aromatic carbocycles. The Morgan fingerprint density at radius 2 is 2.06 bits per heavy atom. The summed E-state index contributed by atoms with van der Waals surface area (Å²) in [6, 6.07) is 7.35. The number of ether oxygens (including phenoxy) is 1. The summed E-state index contributed by atoms with van der Waals surface area (Å²) in [4.78, 5) is 22.2. The lowest BCUT2D eigenvalue weighted by Gasteiger charge is -2.28. The molecule has 0 atom stereocenters. The van der Waals surface area contributed by atoms with E-state index in [1.165, 1.54) is 30.5 Å². The van der Waals surface area contributed by atoms with Crippen molar-refractivity contribution in [2.75, 3.05) is 23.5 Å². The highest BCUT2D eigenvalue weighted by Crippen LogP contribution is 2.34. The minimum atomic E-state index is -0.649. The van der Waals surface area contributed by atoms with Crippen molar-refractivity contribution in [3.05, 3.63) is 69.9 Å². The van der Waals surface area contributed by atoms with E-state index < -0.39 is 17.5 Å². The number of nitrogens with zero attached hydrogens (tertiary/aromatic N) is 3. The van der Waals surface area contributed by atoms with Gasteiger partial charge >= 0.3 is 0 Å². The van der Waals surface area contributed by atoms with Gasteiger partial charge in [0.1, 0.15) is 22.9 Å².